The Morgan fingerprint density at radius 2 is 1.69 bits per heavy atom. The molecule has 0 aliphatic carbocycles. The molecule has 5 aromatic rings. The molecule has 0 radical (unpaired) electrons. The number of aromatic nitrogens is 2. The molecule has 6 rings (SSSR count). The van der Waals surface area contributed by atoms with Crippen molar-refractivity contribution in [3.05, 3.63) is 136 Å². The molecule has 226 valence electrons. The lowest BCUT2D eigenvalue weighted by atomic mass is 9.95. The number of thioether (sulfide) groups is 1. The van der Waals surface area contributed by atoms with Crippen LogP contribution in [-0.4, -0.2) is 32.1 Å². The molecule has 0 bridgehead atoms. The predicted octanol–water partition coefficient (Wildman–Crippen LogP) is 7.19. The number of aliphatic hydroxyl groups is 1. The molecule has 2 heterocycles. The van der Waals surface area contributed by atoms with Crippen LogP contribution in [0, 0.1) is 12.7 Å². The zero-order valence-corrected chi connectivity index (χ0v) is 25.5. The zero-order chi connectivity index (χ0) is 31.5. The van der Waals surface area contributed by atoms with Crippen LogP contribution in [0.2, 0.25) is 0 Å². The molecule has 4 aromatic carbocycles. The number of ether oxygens (including phenoxy) is 1. The molecular formula is C34H26FN3O5S2. The quantitative estimate of drug-likeness (QED) is 0.0573. The predicted molar refractivity (Wildman–Crippen MR) is 171 cm³/mol. The van der Waals surface area contributed by atoms with Crippen molar-refractivity contribution >= 4 is 45.7 Å². The number of benzene rings is 4. The first-order valence-electron chi connectivity index (χ1n) is 13.9. The number of anilines is 1. The number of hydrogen-bond acceptors (Lipinski definition) is 9. The van der Waals surface area contributed by atoms with Crippen LogP contribution in [0.1, 0.15) is 33.9 Å². The highest BCUT2D eigenvalue weighted by Crippen LogP contribution is 2.44. The average molecular weight is 640 g/mol. The fourth-order valence-corrected chi connectivity index (χ4v) is 6.74. The monoisotopic (exact) mass is 639 g/mol. The fraction of sp³-hybridized carbons (Fsp3) is 0.118. The van der Waals surface area contributed by atoms with Gasteiger partial charge in [0.1, 0.15) is 29.7 Å². The highest BCUT2D eigenvalue weighted by Gasteiger charge is 2.48. The first-order valence-corrected chi connectivity index (χ1v) is 15.7. The number of carbonyl (C=O) groups excluding carboxylic acids is 2. The van der Waals surface area contributed by atoms with Crippen molar-refractivity contribution in [1.82, 2.24) is 10.2 Å². The van der Waals surface area contributed by atoms with Crippen molar-refractivity contribution < 1.29 is 28.9 Å². The Kier molecular flexibility index (Phi) is 8.63. The molecule has 1 aromatic heterocycles. The number of amides is 1. The first-order chi connectivity index (χ1) is 21.8. The van der Waals surface area contributed by atoms with Crippen LogP contribution in [0.3, 0.4) is 0 Å². The molecule has 1 amide bonds. The molecule has 1 saturated heterocycles. The summed E-state index contributed by atoms with van der Waals surface area (Å²) in [7, 11) is 0. The molecule has 0 saturated carbocycles. The van der Waals surface area contributed by atoms with E-state index < -0.39 is 17.7 Å². The normalized spacial score (nSPS) is 15.9. The van der Waals surface area contributed by atoms with Gasteiger partial charge in [0.2, 0.25) is 5.13 Å². The molecule has 11 heteroatoms. The van der Waals surface area contributed by atoms with Crippen molar-refractivity contribution in [2.45, 2.75) is 29.7 Å². The van der Waals surface area contributed by atoms with Gasteiger partial charge in [-0.25, -0.2) is 4.39 Å². The van der Waals surface area contributed by atoms with Gasteiger partial charge in [0.25, 0.3) is 5.78 Å². The number of ketones is 1. The van der Waals surface area contributed by atoms with E-state index in [2.05, 4.69) is 10.2 Å². The van der Waals surface area contributed by atoms with Gasteiger partial charge in [-0.1, -0.05) is 77.2 Å². The van der Waals surface area contributed by atoms with Crippen molar-refractivity contribution in [2.75, 3.05) is 4.90 Å². The molecule has 2 N–H and O–H groups in total. The molecule has 1 fully saturated rings. The summed E-state index contributed by atoms with van der Waals surface area (Å²) in [5, 5.41) is 29.9. The number of nitrogens with zero attached hydrogens (tertiary/aromatic N) is 3. The summed E-state index contributed by atoms with van der Waals surface area (Å²) >= 11 is 2.49. The molecule has 45 heavy (non-hydrogen) atoms. The maximum absolute atomic E-state index is 13.5. The van der Waals surface area contributed by atoms with Crippen molar-refractivity contribution in [2.24, 2.45) is 0 Å². The van der Waals surface area contributed by atoms with Gasteiger partial charge < -0.3 is 14.9 Å². The lowest BCUT2D eigenvalue weighted by Gasteiger charge is -2.22. The number of aryl methyl sites for hydroxylation is 1. The van der Waals surface area contributed by atoms with Gasteiger partial charge in [-0.3, -0.25) is 14.5 Å². The number of phenols is 1. The summed E-state index contributed by atoms with van der Waals surface area (Å²) in [4.78, 5) is 28.2. The van der Waals surface area contributed by atoms with Crippen molar-refractivity contribution in [3.8, 4) is 11.5 Å². The third kappa shape index (κ3) is 6.59. The number of Topliss-reactive ketones (excluding diaryl/α,β-unsaturated/α-hetero) is 1. The van der Waals surface area contributed by atoms with Crippen LogP contribution in [0.4, 0.5) is 9.52 Å². The van der Waals surface area contributed by atoms with Gasteiger partial charge >= 0.3 is 5.91 Å². The van der Waals surface area contributed by atoms with E-state index in [0.29, 0.717) is 33.6 Å². The van der Waals surface area contributed by atoms with E-state index in [1.54, 1.807) is 48.5 Å². The van der Waals surface area contributed by atoms with Crippen LogP contribution in [-0.2, 0) is 21.9 Å². The van der Waals surface area contributed by atoms with Crippen LogP contribution in [0.25, 0.3) is 5.76 Å². The second-order valence-corrected chi connectivity index (χ2v) is 12.5. The number of carbonyl (C=O) groups is 2. The molecule has 1 aliphatic rings. The SMILES string of the molecule is Cc1cccc(COc2ccc(C(O)=C3C(=O)C(=O)N(c4nnc(SCc5ccc(F)cc5)s4)C3c3ccc(O)cc3)cc2)c1. The summed E-state index contributed by atoms with van der Waals surface area (Å²) in [6.07, 6.45) is 0. The number of rotatable bonds is 9. The largest absolute Gasteiger partial charge is 0.508 e. The Balaban J connectivity index is 1.29. The van der Waals surface area contributed by atoms with Crippen LogP contribution >= 0.6 is 23.1 Å². The Morgan fingerprint density at radius 1 is 0.956 bits per heavy atom. The van der Waals surface area contributed by atoms with Crippen LogP contribution in [0.5, 0.6) is 11.5 Å². The minimum atomic E-state index is -1.02. The minimum Gasteiger partial charge on any atom is -0.508 e. The van der Waals surface area contributed by atoms with Gasteiger partial charge in [0.15, 0.2) is 4.34 Å². The first kappa shape index (κ1) is 30.0. The van der Waals surface area contributed by atoms with Crippen LogP contribution < -0.4 is 9.64 Å². The van der Waals surface area contributed by atoms with Gasteiger partial charge in [-0.2, -0.15) is 0 Å². The zero-order valence-electron chi connectivity index (χ0n) is 23.9. The number of hydrogen-bond donors (Lipinski definition) is 2. The lowest BCUT2D eigenvalue weighted by molar-refractivity contribution is -0.132. The maximum atomic E-state index is 13.5. The van der Waals surface area contributed by atoms with Crippen molar-refractivity contribution in [3.63, 3.8) is 0 Å². The highest BCUT2D eigenvalue weighted by atomic mass is 32.2. The second kappa shape index (κ2) is 12.9. The Morgan fingerprint density at radius 3 is 2.40 bits per heavy atom. The Labute approximate surface area is 266 Å². The van der Waals surface area contributed by atoms with E-state index in [0.717, 1.165) is 28.0 Å². The van der Waals surface area contributed by atoms with Gasteiger partial charge in [0.05, 0.1) is 11.6 Å². The smallest absolute Gasteiger partial charge is 0.301 e. The Bertz CT molecular complexity index is 1890. The van der Waals surface area contributed by atoms with E-state index in [-0.39, 0.29) is 28.0 Å². The van der Waals surface area contributed by atoms with Gasteiger partial charge in [-0.05, 0) is 72.1 Å². The number of aromatic hydroxyl groups is 1. The third-order valence-electron chi connectivity index (χ3n) is 7.15. The highest BCUT2D eigenvalue weighted by molar-refractivity contribution is 8.00. The summed E-state index contributed by atoms with van der Waals surface area (Å²) in [6.45, 7) is 2.38. The lowest BCUT2D eigenvalue weighted by Crippen LogP contribution is -2.29. The molecule has 8 nitrogen and oxygen atoms in total. The standard InChI is InChI=1S/C34H26FN3O5S2/c1-20-3-2-4-22(17-20)18-43-27-15-9-24(10-16-27)30(40)28-29(23-7-13-26(39)14-8-23)38(32(42)31(28)41)33-36-37-34(45-33)44-19-21-5-11-25(35)12-6-21/h2-17,29,39-40H,18-19H2,1H3. The summed E-state index contributed by atoms with van der Waals surface area (Å²) in [5.41, 5.74) is 3.73. The third-order valence-corrected chi connectivity index (χ3v) is 9.27. The van der Waals surface area contributed by atoms with E-state index in [9.17, 15) is 24.2 Å². The van der Waals surface area contributed by atoms with E-state index >= 15 is 0 Å². The molecule has 1 atom stereocenters. The average Bonchev–Trinajstić information content (AvgIpc) is 3.62. The number of phenolic OH excluding ortho intramolecular Hbond substituents is 1. The van der Waals surface area contributed by atoms with E-state index in [4.69, 9.17) is 4.74 Å². The molecular weight excluding hydrogens is 614 g/mol. The van der Waals surface area contributed by atoms with Crippen molar-refractivity contribution in [1.29, 1.82) is 0 Å². The number of aliphatic hydroxyl groups excluding tert-OH is 1. The summed E-state index contributed by atoms with van der Waals surface area (Å²) in [5.74, 6) is -1.33. The minimum absolute atomic E-state index is 0.00680. The van der Waals surface area contributed by atoms with Crippen LogP contribution in [0.15, 0.2) is 107 Å². The summed E-state index contributed by atoms with van der Waals surface area (Å²) < 4.78 is 19.7. The van der Waals surface area contributed by atoms with E-state index in [1.165, 1.54) is 40.9 Å². The molecule has 1 unspecified atom stereocenters. The fourth-order valence-electron chi connectivity index (χ4n) is 4.92. The number of halogens is 1. The Hall–Kier alpha value is -5.00. The van der Waals surface area contributed by atoms with Gasteiger partial charge in [0, 0.05) is 11.3 Å². The molecule has 1 aliphatic heterocycles. The molecule has 0 spiro atoms. The maximum Gasteiger partial charge on any atom is 0.301 e. The summed E-state index contributed by atoms with van der Waals surface area (Å²) in [6, 6.07) is 25.7. The van der Waals surface area contributed by atoms with E-state index in [1.807, 2.05) is 31.2 Å². The van der Waals surface area contributed by atoms with Gasteiger partial charge in [-0.15, -0.1) is 10.2 Å². The second-order valence-electron chi connectivity index (χ2n) is 10.3. The topological polar surface area (TPSA) is 113 Å².